The molecular weight excluding hydrogens is 356 g/mol. The number of ketones is 2. The SMILES string of the molecule is NC[C@@H]1NC(=O)C(C(=O)CC(NC(=O)[C@@H](N)CO)(C(=O)O)C(=O)O)C1=O. The smallest absolute Gasteiger partial charge is 0.341 e. The molecule has 26 heavy (non-hydrogen) atoms. The van der Waals surface area contributed by atoms with Crippen molar-refractivity contribution >= 4 is 35.3 Å². The summed E-state index contributed by atoms with van der Waals surface area (Å²) in [5.74, 6) is -10.8. The Morgan fingerprint density at radius 3 is 2.12 bits per heavy atom. The van der Waals surface area contributed by atoms with Crippen LogP contribution in [0.1, 0.15) is 6.42 Å². The second-order valence-electron chi connectivity index (χ2n) is 5.57. The monoisotopic (exact) mass is 374 g/mol. The first-order valence-electron chi connectivity index (χ1n) is 7.24. The number of Topliss-reactive ketones (excluding diaryl/α,β-unsaturated/α-hetero) is 2. The van der Waals surface area contributed by atoms with Crippen LogP contribution < -0.4 is 22.1 Å². The van der Waals surface area contributed by atoms with Gasteiger partial charge in [-0.2, -0.15) is 0 Å². The highest BCUT2D eigenvalue weighted by molar-refractivity contribution is 6.26. The number of nitrogens with two attached hydrogens (primary N) is 2. The van der Waals surface area contributed by atoms with Gasteiger partial charge in [-0.15, -0.1) is 0 Å². The zero-order chi connectivity index (χ0) is 20.2. The first kappa shape index (κ1) is 21.1. The summed E-state index contributed by atoms with van der Waals surface area (Å²) in [7, 11) is 0. The van der Waals surface area contributed by atoms with Crippen LogP contribution in [0.3, 0.4) is 0 Å². The van der Waals surface area contributed by atoms with E-state index in [0.717, 1.165) is 0 Å². The van der Waals surface area contributed by atoms with Gasteiger partial charge in [-0.05, 0) is 0 Å². The number of rotatable bonds is 9. The quantitative estimate of drug-likeness (QED) is 0.188. The van der Waals surface area contributed by atoms with E-state index in [-0.39, 0.29) is 6.54 Å². The number of carbonyl (C=O) groups is 6. The van der Waals surface area contributed by atoms with Crippen LogP contribution in [0.15, 0.2) is 0 Å². The van der Waals surface area contributed by atoms with Crippen LogP contribution in [0.25, 0.3) is 0 Å². The van der Waals surface area contributed by atoms with Gasteiger partial charge in [0.25, 0.3) is 0 Å². The molecule has 144 valence electrons. The second kappa shape index (κ2) is 7.99. The number of nitrogens with one attached hydrogen (secondary N) is 2. The molecule has 0 spiro atoms. The molecule has 0 aromatic carbocycles. The Morgan fingerprint density at radius 2 is 1.73 bits per heavy atom. The summed E-state index contributed by atoms with van der Waals surface area (Å²) in [5, 5.41) is 31.0. The third-order valence-corrected chi connectivity index (χ3v) is 3.80. The molecule has 0 aromatic heterocycles. The molecule has 0 aliphatic carbocycles. The molecule has 1 heterocycles. The zero-order valence-corrected chi connectivity index (χ0v) is 13.3. The Kier molecular flexibility index (Phi) is 6.49. The van der Waals surface area contributed by atoms with E-state index in [1.807, 2.05) is 0 Å². The highest BCUT2D eigenvalue weighted by Gasteiger charge is 2.54. The van der Waals surface area contributed by atoms with Crippen molar-refractivity contribution in [1.82, 2.24) is 10.6 Å². The predicted molar refractivity (Wildman–Crippen MR) is 80.3 cm³/mol. The number of aliphatic hydroxyl groups is 1. The van der Waals surface area contributed by atoms with E-state index in [2.05, 4.69) is 5.32 Å². The summed E-state index contributed by atoms with van der Waals surface area (Å²) in [4.78, 5) is 70.7. The van der Waals surface area contributed by atoms with Crippen molar-refractivity contribution in [1.29, 1.82) is 0 Å². The normalized spacial score (nSPS) is 21.0. The first-order valence-corrected chi connectivity index (χ1v) is 7.24. The van der Waals surface area contributed by atoms with E-state index >= 15 is 0 Å². The Balaban J connectivity index is 3.17. The van der Waals surface area contributed by atoms with Gasteiger partial charge in [-0.3, -0.25) is 19.2 Å². The first-order chi connectivity index (χ1) is 12.0. The lowest BCUT2D eigenvalue weighted by Crippen LogP contribution is -2.64. The van der Waals surface area contributed by atoms with Gasteiger partial charge in [0.15, 0.2) is 17.5 Å². The van der Waals surface area contributed by atoms with Crippen molar-refractivity contribution in [2.75, 3.05) is 13.2 Å². The Labute approximate surface area is 145 Å². The summed E-state index contributed by atoms with van der Waals surface area (Å²) in [6.07, 6.45) is -1.40. The van der Waals surface area contributed by atoms with Crippen molar-refractivity contribution in [3.8, 4) is 0 Å². The van der Waals surface area contributed by atoms with Crippen LogP contribution in [0.5, 0.6) is 0 Å². The molecule has 3 atom stereocenters. The lowest BCUT2D eigenvalue weighted by atomic mass is 9.86. The number of carbonyl (C=O) groups excluding carboxylic acids is 4. The van der Waals surface area contributed by atoms with E-state index in [9.17, 15) is 39.0 Å². The van der Waals surface area contributed by atoms with E-state index in [4.69, 9.17) is 16.6 Å². The molecule has 13 nitrogen and oxygen atoms in total. The fourth-order valence-corrected chi connectivity index (χ4v) is 2.28. The van der Waals surface area contributed by atoms with Gasteiger partial charge in [-0.1, -0.05) is 0 Å². The fraction of sp³-hybridized carbons (Fsp3) is 0.538. The predicted octanol–water partition coefficient (Wildman–Crippen LogP) is -5.07. The van der Waals surface area contributed by atoms with Gasteiger partial charge in [0, 0.05) is 6.54 Å². The maximum Gasteiger partial charge on any atom is 0.341 e. The number of carboxylic acid groups (broad SMARTS) is 2. The highest BCUT2D eigenvalue weighted by Crippen LogP contribution is 2.20. The molecule has 1 aliphatic rings. The molecule has 0 aromatic rings. The van der Waals surface area contributed by atoms with E-state index in [0.29, 0.717) is 0 Å². The summed E-state index contributed by atoms with van der Waals surface area (Å²) in [6.45, 7) is -1.23. The number of hydrogen-bond acceptors (Lipinski definition) is 9. The van der Waals surface area contributed by atoms with Crippen LogP contribution in [0, 0.1) is 5.92 Å². The largest absolute Gasteiger partial charge is 0.479 e. The lowest BCUT2D eigenvalue weighted by Gasteiger charge is -2.27. The Bertz CT molecular complexity index is 648. The third-order valence-electron chi connectivity index (χ3n) is 3.80. The Hall–Kier alpha value is -2.90. The molecule has 1 fully saturated rings. The van der Waals surface area contributed by atoms with E-state index in [1.165, 1.54) is 0 Å². The summed E-state index contributed by atoms with van der Waals surface area (Å²) >= 11 is 0. The molecular formula is C13H18N4O9. The van der Waals surface area contributed by atoms with Crippen LogP contribution in [-0.2, 0) is 28.8 Å². The molecule has 1 saturated heterocycles. The van der Waals surface area contributed by atoms with Crippen molar-refractivity contribution in [2.24, 2.45) is 17.4 Å². The maximum atomic E-state index is 12.3. The summed E-state index contributed by atoms with van der Waals surface area (Å²) < 4.78 is 0. The topological polar surface area (TPSA) is 239 Å². The zero-order valence-electron chi connectivity index (χ0n) is 13.3. The fourth-order valence-electron chi connectivity index (χ4n) is 2.28. The van der Waals surface area contributed by atoms with Gasteiger partial charge in [0.2, 0.25) is 17.4 Å². The summed E-state index contributed by atoms with van der Waals surface area (Å²) in [6, 6.07) is -2.81. The van der Waals surface area contributed by atoms with Crippen LogP contribution in [0.2, 0.25) is 0 Å². The minimum Gasteiger partial charge on any atom is -0.479 e. The minimum atomic E-state index is -3.18. The van der Waals surface area contributed by atoms with Gasteiger partial charge in [0.05, 0.1) is 13.0 Å². The van der Waals surface area contributed by atoms with E-state index < -0.39 is 71.9 Å². The maximum absolute atomic E-state index is 12.3. The van der Waals surface area contributed by atoms with Gasteiger partial charge >= 0.3 is 11.9 Å². The minimum absolute atomic E-state index is 0.306. The van der Waals surface area contributed by atoms with Crippen molar-refractivity contribution in [2.45, 2.75) is 24.0 Å². The van der Waals surface area contributed by atoms with Gasteiger partial charge in [-0.25, -0.2) is 9.59 Å². The van der Waals surface area contributed by atoms with Crippen molar-refractivity contribution in [3.63, 3.8) is 0 Å². The standard InChI is InChI=1S/C13H18N4O9/c14-2-5-8(20)7(10(22)16-5)6(19)1-13(11(23)24,12(25)26)17-9(21)4(15)3-18/h4-5,7,18H,1-3,14-15H2,(H,16,22)(H,17,21)(H,23,24)(H,25,26)/t4-,5-,7?/m0/s1. The average Bonchev–Trinajstić information content (AvgIpc) is 2.86. The van der Waals surface area contributed by atoms with E-state index in [1.54, 1.807) is 5.32 Å². The molecule has 0 radical (unpaired) electrons. The molecule has 1 unspecified atom stereocenters. The highest BCUT2D eigenvalue weighted by atomic mass is 16.4. The third kappa shape index (κ3) is 3.84. The average molecular weight is 374 g/mol. The molecule has 0 saturated carbocycles. The van der Waals surface area contributed by atoms with Crippen molar-refractivity contribution in [3.05, 3.63) is 0 Å². The number of aliphatic hydroxyl groups excluding tert-OH is 1. The number of aliphatic carboxylic acids is 2. The van der Waals surface area contributed by atoms with Gasteiger partial charge in [0.1, 0.15) is 12.1 Å². The molecule has 0 bridgehead atoms. The van der Waals surface area contributed by atoms with Gasteiger partial charge < -0.3 is 37.4 Å². The number of carboxylic acids is 2. The molecule has 9 N–H and O–H groups in total. The molecule has 2 amide bonds. The summed E-state index contributed by atoms with van der Waals surface area (Å²) in [5.41, 5.74) is 7.27. The van der Waals surface area contributed by atoms with Crippen molar-refractivity contribution < 1.29 is 44.1 Å². The second-order valence-corrected chi connectivity index (χ2v) is 5.57. The number of hydrogen-bond donors (Lipinski definition) is 7. The molecule has 1 rings (SSSR count). The lowest BCUT2D eigenvalue weighted by molar-refractivity contribution is -0.164. The molecule has 1 aliphatic heterocycles. The number of amides is 2. The van der Waals surface area contributed by atoms with Crippen LogP contribution in [-0.4, -0.2) is 81.4 Å². The molecule has 13 heteroatoms. The Morgan fingerprint density at radius 1 is 1.19 bits per heavy atom. The van der Waals surface area contributed by atoms with Crippen LogP contribution in [0.4, 0.5) is 0 Å². The van der Waals surface area contributed by atoms with Crippen LogP contribution >= 0.6 is 0 Å².